The molecule has 1 aliphatic heterocycles. The van der Waals surface area contributed by atoms with Gasteiger partial charge in [-0.3, -0.25) is 9.59 Å². The fraction of sp³-hybridized carbons (Fsp3) is 0.188. The summed E-state index contributed by atoms with van der Waals surface area (Å²) >= 11 is 7.27. The molecule has 1 aromatic carbocycles. The molecule has 0 radical (unpaired) electrons. The fourth-order valence-corrected chi connectivity index (χ4v) is 3.48. The first kappa shape index (κ1) is 16.6. The monoisotopic (exact) mass is 363 g/mol. The summed E-state index contributed by atoms with van der Waals surface area (Å²) < 4.78 is 4.96. The highest BCUT2D eigenvalue weighted by Gasteiger charge is 2.29. The van der Waals surface area contributed by atoms with E-state index in [-0.39, 0.29) is 18.2 Å². The average molecular weight is 364 g/mol. The molecule has 8 heteroatoms. The lowest BCUT2D eigenvalue weighted by Gasteiger charge is -2.23. The number of methoxy groups -OCH3 is 1. The highest BCUT2D eigenvalue weighted by molar-refractivity contribution is 8.01. The first-order valence-corrected chi connectivity index (χ1v) is 8.38. The number of fused-ring (bicyclic) bond motifs is 1. The van der Waals surface area contributed by atoms with E-state index in [0.29, 0.717) is 22.3 Å². The third-order valence-electron chi connectivity index (χ3n) is 3.36. The Labute approximate surface area is 147 Å². The summed E-state index contributed by atoms with van der Waals surface area (Å²) in [6.45, 7) is 0. The third-order valence-corrected chi connectivity index (χ3v) is 4.87. The summed E-state index contributed by atoms with van der Waals surface area (Å²) in [6, 6.07) is 8.62. The van der Waals surface area contributed by atoms with Gasteiger partial charge < -0.3 is 15.4 Å². The van der Waals surface area contributed by atoms with E-state index in [0.717, 1.165) is 4.90 Å². The van der Waals surface area contributed by atoms with E-state index in [4.69, 9.17) is 16.3 Å². The molecule has 2 N–H and O–H groups in total. The van der Waals surface area contributed by atoms with E-state index in [1.165, 1.54) is 25.1 Å². The summed E-state index contributed by atoms with van der Waals surface area (Å²) in [5.41, 5.74) is 1.22. The van der Waals surface area contributed by atoms with Crippen LogP contribution in [0.25, 0.3) is 0 Å². The normalized spacial score (nSPS) is 16.1. The van der Waals surface area contributed by atoms with Gasteiger partial charge in [-0.05, 0) is 24.3 Å². The van der Waals surface area contributed by atoms with E-state index >= 15 is 0 Å². The van der Waals surface area contributed by atoms with Gasteiger partial charge in [0.05, 0.1) is 29.9 Å². The van der Waals surface area contributed by atoms with Crippen molar-refractivity contribution in [3.8, 4) is 5.88 Å². The third kappa shape index (κ3) is 3.80. The second kappa shape index (κ2) is 7.11. The summed E-state index contributed by atoms with van der Waals surface area (Å²) in [6.07, 6.45) is 1.56. The van der Waals surface area contributed by atoms with Crippen LogP contribution in [-0.2, 0) is 9.59 Å². The van der Waals surface area contributed by atoms with E-state index in [1.807, 2.05) is 6.07 Å². The second-order valence-electron chi connectivity index (χ2n) is 5.08. The number of anilines is 2. The minimum absolute atomic E-state index is 0.0601. The Kier molecular flexibility index (Phi) is 4.92. The summed E-state index contributed by atoms with van der Waals surface area (Å²) in [7, 11) is 1.52. The molecule has 1 atom stereocenters. The number of ether oxygens (including phenoxy) is 1. The maximum atomic E-state index is 12.2. The van der Waals surface area contributed by atoms with Crippen molar-refractivity contribution in [2.75, 3.05) is 17.7 Å². The predicted molar refractivity (Wildman–Crippen MR) is 93.8 cm³/mol. The van der Waals surface area contributed by atoms with Crippen LogP contribution in [0.2, 0.25) is 5.02 Å². The number of pyridine rings is 1. The van der Waals surface area contributed by atoms with E-state index in [1.54, 1.807) is 24.3 Å². The van der Waals surface area contributed by atoms with E-state index in [9.17, 15) is 9.59 Å². The van der Waals surface area contributed by atoms with Gasteiger partial charge in [0.2, 0.25) is 17.7 Å². The summed E-state index contributed by atoms with van der Waals surface area (Å²) in [5.74, 6) is -0.00437. The maximum Gasteiger partial charge on any atom is 0.238 e. The van der Waals surface area contributed by atoms with Gasteiger partial charge in [-0.1, -0.05) is 11.6 Å². The van der Waals surface area contributed by atoms with Crippen LogP contribution in [0.5, 0.6) is 5.88 Å². The van der Waals surface area contributed by atoms with Gasteiger partial charge in [0.25, 0.3) is 0 Å². The fourth-order valence-electron chi connectivity index (χ4n) is 2.21. The molecule has 24 heavy (non-hydrogen) atoms. The minimum Gasteiger partial charge on any atom is -0.481 e. The van der Waals surface area contributed by atoms with Crippen LogP contribution in [0.15, 0.2) is 41.4 Å². The number of halogens is 1. The molecule has 3 rings (SSSR count). The molecule has 0 fully saturated rings. The van der Waals surface area contributed by atoms with Crippen molar-refractivity contribution in [3.05, 3.63) is 41.6 Å². The lowest BCUT2D eigenvalue weighted by Crippen LogP contribution is -2.32. The zero-order valence-corrected chi connectivity index (χ0v) is 14.3. The zero-order valence-electron chi connectivity index (χ0n) is 12.7. The van der Waals surface area contributed by atoms with Crippen LogP contribution in [0.4, 0.5) is 11.4 Å². The molecular formula is C16H14ClN3O3S. The van der Waals surface area contributed by atoms with Gasteiger partial charge in [-0.25, -0.2) is 4.98 Å². The van der Waals surface area contributed by atoms with Crippen molar-refractivity contribution >= 4 is 46.6 Å². The molecule has 0 aliphatic carbocycles. The summed E-state index contributed by atoms with van der Waals surface area (Å²) in [4.78, 5) is 29.2. The SMILES string of the molecule is COc1ccc(NC(=O)C[C@H]2Sc3ccc(Cl)cc3NC2=O)cn1. The molecule has 0 spiro atoms. The topological polar surface area (TPSA) is 80.3 Å². The Morgan fingerprint density at radius 3 is 2.96 bits per heavy atom. The smallest absolute Gasteiger partial charge is 0.238 e. The van der Waals surface area contributed by atoms with Gasteiger partial charge in [0, 0.05) is 22.4 Å². The average Bonchev–Trinajstić information content (AvgIpc) is 2.56. The molecule has 2 amide bonds. The number of hydrogen-bond acceptors (Lipinski definition) is 5. The molecule has 6 nitrogen and oxygen atoms in total. The lowest BCUT2D eigenvalue weighted by atomic mass is 10.2. The van der Waals surface area contributed by atoms with Crippen molar-refractivity contribution in [3.63, 3.8) is 0 Å². The van der Waals surface area contributed by atoms with Crippen molar-refractivity contribution < 1.29 is 14.3 Å². The predicted octanol–water partition coefficient (Wildman–Crippen LogP) is 3.19. The second-order valence-corrected chi connectivity index (χ2v) is 6.76. The largest absolute Gasteiger partial charge is 0.481 e. The number of benzene rings is 1. The first-order valence-electron chi connectivity index (χ1n) is 7.12. The number of carbonyl (C=O) groups excluding carboxylic acids is 2. The van der Waals surface area contributed by atoms with Crippen LogP contribution < -0.4 is 15.4 Å². The molecule has 124 valence electrons. The van der Waals surface area contributed by atoms with Crippen LogP contribution in [0.1, 0.15) is 6.42 Å². The number of hydrogen-bond donors (Lipinski definition) is 2. The maximum absolute atomic E-state index is 12.2. The zero-order chi connectivity index (χ0) is 17.1. The number of aromatic nitrogens is 1. The van der Waals surface area contributed by atoms with Crippen molar-refractivity contribution in [2.24, 2.45) is 0 Å². The van der Waals surface area contributed by atoms with Crippen LogP contribution in [0, 0.1) is 0 Å². The molecule has 1 aromatic heterocycles. The molecule has 0 saturated heterocycles. The Morgan fingerprint density at radius 2 is 2.25 bits per heavy atom. The lowest BCUT2D eigenvalue weighted by molar-refractivity contribution is -0.120. The Morgan fingerprint density at radius 1 is 1.42 bits per heavy atom. The van der Waals surface area contributed by atoms with Gasteiger partial charge in [-0.2, -0.15) is 0 Å². The molecular weight excluding hydrogens is 350 g/mol. The van der Waals surface area contributed by atoms with Crippen molar-refractivity contribution in [1.29, 1.82) is 0 Å². The molecule has 0 bridgehead atoms. The number of rotatable bonds is 4. The molecule has 0 unspecified atom stereocenters. The Hall–Kier alpha value is -2.25. The van der Waals surface area contributed by atoms with Crippen molar-refractivity contribution in [2.45, 2.75) is 16.6 Å². The number of thioether (sulfide) groups is 1. The van der Waals surface area contributed by atoms with Crippen molar-refractivity contribution in [1.82, 2.24) is 4.98 Å². The molecule has 2 heterocycles. The minimum atomic E-state index is -0.495. The van der Waals surface area contributed by atoms with Gasteiger partial charge in [-0.15, -0.1) is 11.8 Å². The highest BCUT2D eigenvalue weighted by atomic mass is 35.5. The van der Waals surface area contributed by atoms with Crippen LogP contribution >= 0.6 is 23.4 Å². The van der Waals surface area contributed by atoms with Crippen LogP contribution in [-0.4, -0.2) is 29.2 Å². The Balaban J connectivity index is 1.63. The van der Waals surface area contributed by atoms with E-state index < -0.39 is 5.25 Å². The number of amides is 2. The number of nitrogens with zero attached hydrogens (tertiary/aromatic N) is 1. The van der Waals surface area contributed by atoms with Gasteiger partial charge in [0.15, 0.2) is 0 Å². The Bertz CT molecular complexity index is 783. The number of nitrogens with one attached hydrogen (secondary N) is 2. The summed E-state index contributed by atoms with van der Waals surface area (Å²) in [5, 5.41) is 5.56. The first-order chi connectivity index (χ1) is 11.5. The van der Waals surface area contributed by atoms with Gasteiger partial charge >= 0.3 is 0 Å². The standard InChI is InChI=1S/C16H14ClN3O3S/c1-23-15-5-3-10(8-18-15)19-14(21)7-13-16(22)20-11-6-9(17)2-4-12(11)24-13/h2-6,8,13H,7H2,1H3,(H,19,21)(H,20,22)/t13-/m1/s1. The molecule has 2 aromatic rings. The van der Waals surface area contributed by atoms with Gasteiger partial charge in [0.1, 0.15) is 0 Å². The number of carbonyl (C=O) groups is 2. The molecule has 0 saturated carbocycles. The van der Waals surface area contributed by atoms with E-state index in [2.05, 4.69) is 15.6 Å². The quantitative estimate of drug-likeness (QED) is 0.872. The highest BCUT2D eigenvalue weighted by Crippen LogP contribution is 2.38. The molecule has 1 aliphatic rings. The van der Waals surface area contributed by atoms with Crippen LogP contribution in [0.3, 0.4) is 0 Å².